The second-order valence-corrected chi connectivity index (χ2v) is 8.27. The van der Waals surface area contributed by atoms with E-state index in [2.05, 4.69) is 0 Å². The third-order valence-corrected chi connectivity index (χ3v) is 7.38. The minimum atomic E-state index is -3.92. The Morgan fingerprint density at radius 3 is 2.33 bits per heavy atom. The number of nitrogens with one attached hydrogen (secondary N) is 1. The Hall–Kier alpha value is -0.920. The highest BCUT2D eigenvalue weighted by molar-refractivity contribution is 8.07. The molecule has 0 saturated heterocycles. The highest BCUT2D eigenvalue weighted by Gasteiger charge is 2.41. The van der Waals surface area contributed by atoms with Crippen LogP contribution in [0.1, 0.15) is 37.2 Å². The first kappa shape index (κ1) is 12.1. The van der Waals surface area contributed by atoms with Crippen molar-refractivity contribution in [3.8, 4) is 0 Å². The van der Waals surface area contributed by atoms with E-state index in [4.69, 9.17) is 0 Å². The zero-order valence-corrected chi connectivity index (χ0v) is 11.2. The molecule has 1 N–H and O–H groups in total. The van der Waals surface area contributed by atoms with Gasteiger partial charge in [0.2, 0.25) is 0 Å². The molecule has 0 aromatic heterocycles. The Balaban J connectivity index is 2.29. The van der Waals surface area contributed by atoms with Crippen LogP contribution in [0.4, 0.5) is 0 Å². The molecule has 0 radical (unpaired) electrons. The quantitative estimate of drug-likeness (QED) is 0.845. The number of rotatable bonds is 1. The Morgan fingerprint density at radius 1 is 1.00 bits per heavy atom. The van der Waals surface area contributed by atoms with E-state index in [1.54, 1.807) is 16.3 Å². The fourth-order valence-corrected chi connectivity index (χ4v) is 6.82. The standard InChI is InChI=1S/C11H13NO4S2/c13-17(14)10-7-3-6-9(8-4-1-2-5-8)11(10)18(15,16)12-17/h3,6-8,12H,1-2,4-5H2. The highest BCUT2D eigenvalue weighted by atomic mass is 32.3. The molecule has 0 unspecified atom stereocenters. The van der Waals surface area contributed by atoms with Crippen LogP contribution in [-0.2, 0) is 20.0 Å². The Morgan fingerprint density at radius 2 is 1.67 bits per heavy atom. The average Bonchev–Trinajstić information content (AvgIpc) is 2.85. The lowest BCUT2D eigenvalue weighted by atomic mass is 9.98. The summed E-state index contributed by atoms with van der Waals surface area (Å²) in [5.74, 6) is 0.157. The van der Waals surface area contributed by atoms with Gasteiger partial charge in [0, 0.05) is 0 Å². The second kappa shape index (κ2) is 3.79. The lowest BCUT2D eigenvalue weighted by molar-refractivity contribution is 0.585. The minimum Gasteiger partial charge on any atom is -0.206 e. The zero-order chi connectivity index (χ0) is 13.0. The highest BCUT2D eigenvalue weighted by Crippen LogP contribution is 2.41. The maximum absolute atomic E-state index is 12.0. The summed E-state index contributed by atoms with van der Waals surface area (Å²) in [4.78, 5) is -0.135. The van der Waals surface area contributed by atoms with Crippen molar-refractivity contribution in [2.24, 2.45) is 0 Å². The van der Waals surface area contributed by atoms with Gasteiger partial charge in [-0.15, -0.1) is 4.13 Å². The van der Waals surface area contributed by atoms with Crippen LogP contribution in [0.3, 0.4) is 0 Å². The van der Waals surface area contributed by atoms with Crippen molar-refractivity contribution in [1.29, 1.82) is 0 Å². The SMILES string of the molecule is O=S1(=O)NS(=O)(=O)c2c(C3CCCC3)cccc21. The molecule has 18 heavy (non-hydrogen) atoms. The number of hydrogen-bond donors (Lipinski definition) is 1. The molecular formula is C11H13NO4S2. The van der Waals surface area contributed by atoms with Crippen molar-refractivity contribution in [1.82, 2.24) is 4.13 Å². The third-order valence-electron chi connectivity index (χ3n) is 3.58. The van der Waals surface area contributed by atoms with Crippen molar-refractivity contribution in [2.45, 2.75) is 41.4 Å². The topological polar surface area (TPSA) is 80.3 Å². The van der Waals surface area contributed by atoms with Gasteiger partial charge in [-0.2, -0.15) is 0 Å². The molecule has 1 aromatic carbocycles. The number of sulfonamides is 2. The Bertz CT molecular complexity index is 701. The van der Waals surface area contributed by atoms with E-state index in [0.29, 0.717) is 5.56 Å². The molecule has 1 saturated carbocycles. The van der Waals surface area contributed by atoms with Crippen LogP contribution >= 0.6 is 0 Å². The second-order valence-electron chi connectivity index (χ2n) is 4.75. The molecule has 1 aromatic rings. The molecule has 7 heteroatoms. The molecule has 0 atom stereocenters. The molecule has 0 spiro atoms. The largest absolute Gasteiger partial charge is 0.255 e. The van der Waals surface area contributed by atoms with Crippen LogP contribution in [0.15, 0.2) is 28.0 Å². The number of hydrogen-bond acceptors (Lipinski definition) is 4. The summed E-state index contributed by atoms with van der Waals surface area (Å²) in [5, 5.41) is 0. The van der Waals surface area contributed by atoms with Crippen LogP contribution in [0.2, 0.25) is 0 Å². The van der Waals surface area contributed by atoms with Crippen LogP contribution in [-0.4, -0.2) is 16.8 Å². The summed E-state index contributed by atoms with van der Waals surface area (Å²) in [5.41, 5.74) is 0.651. The molecule has 1 fully saturated rings. The normalized spacial score (nSPS) is 25.1. The number of fused-ring (bicyclic) bond motifs is 1. The molecule has 98 valence electrons. The minimum absolute atomic E-state index is 0.0306. The number of benzene rings is 1. The van der Waals surface area contributed by atoms with E-state index in [-0.39, 0.29) is 15.7 Å². The van der Waals surface area contributed by atoms with Crippen molar-refractivity contribution in [3.63, 3.8) is 0 Å². The van der Waals surface area contributed by atoms with Gasteiger partial charge in [-0.3, -0.25) is 0 Å². The summed E-state index contributed by atoms with van der Waals surface area (Å²) in [6.45, 7) is 0. The maximum atomic E-state index is 12.0. The molecule has 1 heterocycles. The lowest BCUT2D eigenvalue weighted by Crippen LogP contribution is -2.21. The van der Waals surface area contributed by atoms with Gasteiger partial charge < -0.3 is 0 Å². The maximum Gasteiger partial charge on any atom is 0.255 e. The van der Waals surface area contributed by atoms with Gasteiger partial charge in [-0.25, -0.2) is 16.8 Å². The van der Waals surface area contributed by atoms with Gasteiger partial charge in [0.25, 0.3) is 20.0 Å². The molecule has 5 nitrogen and oxygen atoms in total. The lowest BCUT2D eigenvalue weighted by Gasteiger charge is -2.12. The molecule has 0 amide bonds. The Labute approximate surface area is 106 Å². The monoisotopic (exact) mass is 287 g/mol. The van der Waals surface area contributed by atoms with Crippen LogP contribution in [0, 0.1) is 0 Å². The summed E-state index contributed by atoms with van der Waals surface area (Å²) >= 11 is 0. The molecule has 0 bridgehead atoms. The van der Waals surface area contributed by atoms with Crippen LogP contribution in [0.25, 0.3) is 0 Å². The van der Waals surface area contributed by atoms with Crippen molar-refractivity contribution in [3.05, 3.63) is 23.8 Å². The first-order valence-corrected chi connectivity index (χ1v) is 8.80. The molecule has 1 aliphatic carbocycles. The summed E-state index contributed by atoms with van der Waals surface area (Å²) in [6, 6.07) is 4.70. The Kier molecular flexibility index (Phi) is 2.55. The molecular weight excluding hydrogens is 274 g/mol. The summed E-state index contributed by atoms with van der Waals surface area (Å²) in [7, 11) is -7.82. The van der Waals surface area contributed by atoms with Gasteiger partial charge in [0.05, 0.1) is 0 Å². The van der Waals surface area contributed by atoms with Crippen molar-refractivity contribution < 1.29 is 16.8 Å². The van der Waals surface area contributed by atoms with Gasteiger partial charge >= 0.3 is 0 Å². The van der Waals surface area contributed by atoms with Gasteiger partial charge in [0.15, 0.2) is 0 Å². The average molecular weight is 287 g/mol. The van der Waals surface area contributed by atoms with Gasteiger partial charge in [-0.1, -0.05) is 25.0 Å². The van der Waals surface area contributed by atoms with E-state index in [0.717, 1.165) is 25.7 Å². The third kappa shape index (κ3) is 1.69. The predicted molar refractivity (Wildman–Crippen MR) is 65.2 cm³/mol. The van der Waals surface area contributed by atoms with Crippen LogP contribution in [0.5, 0.6) is 0 Å². The predicted octanol–water partition coefficient (Wildman–Crippen LogP) is 1.32. The fourth-order valence-electron chi connectivity index (χ4n) is 2.82. The van der Waals surface area contributed by atoms with E-state index >= 15 is 0 Å². The van der Waals surface area contributed by atoms with Crippen molar-refractivity contribution >= 4 is 20.0 Å². The van der Waals surface area contributed by atoms with Gasteiger partial charge in [-0.05, 0) is 30.4 Å². The smallest absolute Gasteiger partial charge is 0.206 e. The van der Waals surface area contributed by atoms with E-state index in [1.165, 1.54) is 6.07 Å². The first-order chi connectivity index (χ1) is 8.42. The first-order valence-electron chi connectivity index (χ1n) is 5.83. The summed E-state index contributed by atoms with van der Waals surface area (Å²) in [6.07, 6.45) is 3.97. The fraction of sp³-hybridized carbons (Fsp3) is 0.455. The van der Waals surface area contributed by atoms with E-state index < -0.39 is 20.0 Å². The molecule has 1 aliphatic heterocycles. The van der Waals surface area contributed by atoms with Gasteiger partial charge in [0.1, 0.15) is 9.79 Å². The van der Waals surface area contributed by atoms with Crippen LogP contribution < -0.4 is 4.13 Å². The molecule has 3 rings (SSSR count). The zero-order valence-electron chi connectivity index (χ0n) is 9.59. The molecule has 2 aliphatic rings. The summed E-state index contributed by atoms with van der Waals surface area (Å²) < 4.78 is 49.1. The van der Waals surface area contributed by atoms with Crippen molar-refractivity contribution in [2.75, 3.05) is 0 Å². The van der Waals surface area contributed by atoms with E-state index in [1.807, 2.05) is 0 Å². The van der Waals surface area contributed by atoms with E-state index in [9.17, 15) is 16.8 Å².